The van der Waals surface area contributed by atoms with Crippen LogP contribution in [0.4, 0.5) is 5.69 Å². The molecule has 1 aromatic heterocycles. The van der Waals surface area contributed by atoms with Crippen LogP contribution in [0.1, 0.15) is 19.8 Å². The SMILES string of the molecule is CC(Nc1cccc(-n2cccc2)c1)C1CCN(C)CC1. The number of anilines is 1. The maximum absolute atomic E-state index is 3.70. The van der Waals surface area contributed by atoms with Crippen molar-refractivity contribution >= 4 is 5.69 Å². The Bertz CT molecular complexity index is 554. The van der Waals surface area contributed by atoms with Gasteiger partial charge in [0, 0.05) is 29.8 Å². The van der Waals surface area contributed by atoms with Crippen LogP contribution in [0.25, 0.3) is 5.69 Å². The smallest absolute Gasteiger partial charge is 0.0469 e. The molecule has 3 rings (SSSR count). The third-order valence-corrected chi connectivity index (χ3v) is 4.61. The molecule has 0 amide bonds. The largest absolute Gasteiger partial charge is 0.382 e. The Morgan fingerprint density at radius 1 is 1.10 bits per heavy atom. The highest BCUT2D eigenvalue weighted by Gasteiger charge is 2.22. The highest BCUT2D eigenvalue weighted by atomic mass is 15.1. The van der Waals surface area contributed by atoms with Gasteiger partial charge in [0.2, 0.25) is 0 Å². The Kier molecular flexibility index (Phi) is 4.30. The fraction of sp³-hybridized carbons (Fsp3) is 0.444. The molecule has 1 aliphatic heterocycles. The van der Waals surface area contributed by atoms with Crippen molar-refractivity contribution in [2.45, 2.75) is 25.8 Å². The third kappa shape index (κ3) is 3.48. The van der Waals surface area contributed by atoms with Gasteiger partial charge in [-0.05, 0) is 76.2 Å². The molecule has 0 aliphatic carbocycles. The number of nitrogens with zero attached hydrogens (tertiary/aromatic N) is 2. The van der Waals surface area contributed by atoms with Crippen molar-refractivity contribution in [2.24, 2.45) is 5.92 Å². The minimum Gasteiger partial charge on any atom is -0.382 e. The zero-order chi connectivity index (χ0) is 14.7. The molecule has 0 radical (unpaired) electrons. The van der Waals surface area contributed by atoms with Crippen LogP contribution in [0.15, 0.2) is 48.8 Å². The molecule has 1 saturated heterocycles. The molecule has 1 unspecified atom stereocenters. The van der Waals surface area contributed by atoms with E-state index in [4.69, 9.17) is 0 Å². The Labute approximate surface area is 127 Å². The average molecular weight is 283 g/mol. The lowest BCUT2D eigenvalue weighted by atomic mass is 9.90. The number of aromatic nitrogens is 1. The standard InChI is InChI=1S/C18H25N3/c1-15(16-8-12-20(2)13-9-16)19-17-6-5-7-18(14-17)21-10-3-4-11-21/h3-7,10-11,14-16,19H,8-9,12-13H2,1-2H3. The van der Waals surface area contributed by atoms with Crippen LogP contribution in [0.5, 0.6) is 0 Å². The summed E-state index contributed by atoms with van der Waals surface area (Å²) in [6.07, 6.45) is 6.75. The molecule has 2 aromatic rings. The lowest BCUT2D eigenvalue weighted by molar-refractivity contribution is 0.208. The van der Waals surface area contributed by atoms with Crippen LogP contribution in [-0.2, 0) is 0 Å². The Morgan fingerprint density at radius 3 is 2.52 bits per heavy atom. The number of benzene rings is 1. The van der Waals surface area contributed by atoms with Crippen LogP contribution in [-0.4, -0.2) is 35.6 Å². The van der Waals surface area contributed by atoms with Gasteiger partial charge in [-0.15, -0.1) is 0 Å². The summed E-state index contributed by atoms with van der Waals surface area (Å²) in [5.74, 6) is 0.774. The molecule has 112 valence electrons. The van der Waals surface area contributed by atoms with Gasteiger partial charge in [0.05, 0.1) is 0 Å². The summed E-state index contributed by atoms with van der Waals surface area (Å²) in [5, 5.41) is 3.70. The molecule has 1 aliphatic rings. The molecule has 1 aromatic carbocycles. The van der Waals surface area contributed by atoms with E-state index in [1.807, 2.05) is 0 Å². The summed E-state index contributed by atoms with van der Waals surface area (Å²) in [7, 11) is 2.22. The van der Waals surface area contributed by atoms with Gasteiger partial charge in [-0.2, -0.15) is 0 Å². The van der Waals surface area contributed by atoms with E-state index in [9.17, 15) is 0 Å². The number of likely N-dealkylation sites (tertiary alicyclic amines) is 1. The molecule has 21 heavy (non-hydrogen) atoms. The second kappa shape index (κ2) is 6.35. The maximum atomic E-state index is 3.70. The first-order chi connectivity index (χ1) is 10.2. The highest BCUT2D eigenvalue weighted by molar-refractivity contribution is 5.51. The van der Waals surface area contributed by atoms with Gasteiger partial charge in [-0.1, -0.05) is 6.07 Å². The lowest BCUT2D eigenvalue weighted by Gasteiger charge is -2.33. The minimum atomic E-state index is 0.526. The van der Waals surface area contributed by atoms with Gasteiger partial charge < -0.3 is 14.8 Å². The van der Waals surface area contributed by atoms with E-state index >= 15 is 0 Å². The van der Waals surface area contributed by atoms with E-state index in [0.29, 0.717) is 6.04 Å². The summed E-state index contributed by atoms with van der Waals surface area (Å²) in [6.45, 7) is 4.76. The first-order valence-corrected chi connectivity index (χ1v) is 7.91. The topological polar surface area (TPSA) is 20.2 Å². The van der Waals surface area contributed by atoms with E-state index in [-0.39, 0.29) is 0 Å². The number of nitrogens with one attached hydrogen (secondary N) is 1. The van der Waals surface area contributed by atoms with Crippen molar-refractivity contribution in [1.82, 2.24) is 9.47 Å². The van der Waals surface area contributed by atoms with Crippen molar-refractivity contribution in [3.05, 3.63) is 48.8 Å². The Morgan fingerprint density at radius 2 is 1.81 bits per heavy atom. The van der Waals surface area contributed by atoms with Crippen molar-refractivity contribution < 1.29 is 0 Å². The number of rotatable bonds is 4. The van der Waals surface area contributed by atoms with Crippen LogP contribution in [0.2, 0.25) is 0 Å². The van der Waals surface area contributed by atoms with Crippen LogP contribution < -0.4 is 5.32 Å². The van der Waals surface area contributed by atoms with Crippen molar-refractivity contribution in [3.63, 3.8) is 0 Å². The first kappa shape index (κ1) is 14.2. The first-order valence-electron chi connectivity index (χ1n) is 7.91. The number of hydrogen-bond donors (Lipinski definition) is 1. The van der Waals surface area contributed by atoms with Gasteiger partial charge in [-0.3, -0.25) is 0 Å². The Hall–Kier alpha value is -1.74. The van der Waals surface area contributed by atoms with Gasteiger partial charge in [0.1, 0.15) is 0 Å². The molecule has 1 atom stereocenters. The molecule has 0 saturated carbocycles. The van der Waals surface area contributed by atoms with E-state index < -0.39 is 0 Å². The second-order valence-corrected chi connectivity index (χ2v) is 6.21. The van der Waals surface area contributed by atoms with Gasteiger partial charge in [0.25, 0.3) is 0 Å². The van der Waals surface area contributed by atoms with Crippen molar-refractivity contribution in [3.8, 4) is 5.69 Å². The quantitative estimate of drug-likeness (QED) is 0.925. The monoisotopic (exact) mass is 283 g/mol. The molecule has 0 bridgehead atoms. The van der Waals surface area contributed by atoms with Crippen LogP contribution in [0, 0.1) is 5.92 Å². The molecule has 3 nitrogen and oxygen atoms in total. The maximum Gasteiger partial charge on any atom is 0.0469 e. The van der Waals surface area contributed by atoms with Gasteiger partial charge >= 0.3 is 0 Å². The van der Waals surface area contributed by atoms with Crippen LogP contribution in [0.3, 0.4) is 0 Å². The minimum absolute atomic E-state index is 0.526. The van der Waals surface area contributed by atoms with E-state index in [1.54, 1.807) is 0 Å². The van der Waals surface area contributed by atoms with Crippen molar-refractivity contribution in [1.29, 1.82) is 0 Å². The molecular formula is C18H25N3. The van der Waals surface area contributed by atoms with E-state index in [1.165, 1.54) is 37.3 Å². The van der Waals surface area contributed by atoms with Crippen molar-refractivity contribution in [2.75, 3.05) is 25.5 Å². The summed E-state index contributed by atoms with van der Waals surface area (Å²) >= 11 is 0. The Balaban J connectivity index is 1.66. The molecule has 1 N–H and O–H groups in total. The summed E-state index contributed by atoms with van der Waals surface area (Å²) < 4.78 is 2.14. The summed E-state index contributed by atoms with van der Waals surface area (Å²) in [4.78, 5) is 2.43. The molecule has 2 heterocycles. The normalized spacial score (nSPS) is 18.6. The van der Waals surface area contributed by atoms with Gasteiger partial charge in [-0.25, -0.2) is 0 Å². The fourth-order valence-corrected chi connectivity index (χ4v) is 3.17. The van der Waals surface area contributed by atoms with E-state index in [2.05, 4.69) is 77.5 Å². The number of piperidine rings is 1. The van der Waals surface area contributed by atoms with E-state index in [0.717, 1.165) is 5.92 Å². The fourth-order valence-electron chi connectivity index (χ4n) is 3.17. The zero-order valence-corrected chi connectivity index (χ0v) is 13.0. The third-order valence-electron chi connectivity index (χ3n) is 4.61. The van der Waals surface area contributed by atoms with Crippen LogP contribution >= 0.6 is 0 Å². The number of hydrogen-bond acceptors (Lipinski definition) is 2. The molecular weight excluding hydrogens is 258 g/mol. The predicted molar refractivity (Wildman–Crippen MR) is 89.1 cm³/mol. The highest BCUT2D eigenvalue weighted by Crippen LogP contribution is 2.23. The molecule has 0 spiro atoms. The predicted octanol–water partition coefficient (Wildman–Crippen LogP) is 3.62. The molecule has 1 fully saturated rings. The lowest BCUT2D eigenvalue weighted by Crippen LogP contribution is -2.37. The summed E-state index contributed by atoms with van der Waals surface area (Å²) in [6, 6.07) is 13.3. The molecule has 3 heteroatoms. The zero-order valence-electron chi connectivity index (χ0n) is 13.0. The average Bonchev–Trinajstić information content (AvgIpc) is 3.02. The van der Waals surface area contributed by atoms with Gasteiger partial charge in [0.15, 0.2) is 0 Å². The summed E-state index contributed by atoms with van der Waals surface area (Å²) in [5.41, 5.74) is 2.42. The second-order valence-electron chi connectivity index (χ2n) is 6.21.